The van der Waals surface area contributed by atoms with Gasteiger partial charge in [-0.2, -0.15) is 0 Å². The third kappa shape index (κ3) is 6.67. The molecule has 0 saturated heterocycles. The smallest absolute Gasteiger partial charge is 0.255 e. The van der Waals surface area contributed by atoms with Crippen LogP contribution in [0.3, 0.4) is 0 Å². The first-order valence-corrected chi connectivity index (χ1v) is 12.5. The Kier molecular flexibility index (Phi) is 8.13. The van der Waals surface area contributed by atoms with E-state index in [0.29, 0.717) is 27.0 Å². The molecule has 0 spiro atoms. The first-order chi connectivity index (χ1) is 16.9. The molecule has 4 nitrogen and oxygen atoms in total. The Morgan fingerprint density at radius 3 is 2.20 bits per heavy atom. The molecule has 0 saturated carbocycles. The predicted molar refractivity (Wildman–Crippen MR) is 146 cm³/mol. The number of rotatable bonds is 7. The fraction of sp³-hybridized carbons (Fsp3) is 0.0714. The average Bonchev–Trinajstić information content (AvgIpc) is 2.86. The zero-order valence-corrected chi connectivity index (χ0v) is 21.1. The number of hydrogen-bond donors (Lipinski definition) is 2. The molecule has 0 heterocycles. The molecular formula is C28H22Cl2N2O2S. The van der Waals surface area contributed by atoms with Crippen LogP contribution in [0.4, 0.5) is 11.4 Å². The van der Waals surface area contributed by atoms with Crippen molar-refractivity contribution in [3.8, 4) is 0 Å². The van der Waals surface area contributed by atoms with Crippen LogP contribution < -0.4 is 10.6 Å². The van der Waals surface area contributed by atoms with Crippen molar-refractivity contribution in [1.29, 1.82) is 0 Å². The fourth-order valence-electron chi connectivity index (χ4n) is 3.41. The molecule has 1 atom stereocenters. The topological polar surface area (TPSA) is 58.2 Å². The molecule has 176 valence electrons. The fourth-order valence-corrected chi connectivity index (χ4v) is 4.80. The quantitative estimate of drug-likeness (QED) is 0.242. The molecule has 0 fully saturated rings. The second-order valence-corrected chi connectivity index (χ2v) is 9.90. The van der Waals surface area contributed by atoms with Crippen LogP contribution in [0.5, 0.6) is 0 Å². The minimum Gasteiger partial charge on any atom is -0.325 e. The Hall–Kier alpha value is -3.25. The average molecular weight is 521 g/mol. The third-order valence-electron chi connectivity index (χ3n) is 5.25. The van der Waals surface area contributed by atoms with Crippen molar-refractivity contribution in [3.05, 3.63) is 124 Å². The Balaban J connectivity index is 1.50. The van der Waals surface area contributed by atoms with E-state index >= 15 is 0 Å². The molecule has 0 aliphatic rings. The maximum atomic E-state index is 13.3. The number of amides is 2. The maximum absolute atomic E-state index is 13.3. The van der Waals surface area contributed by atoms with Crippen LogP contribution >= 0.6 is 35.0 Å². The zero-order chi connectivity index (χ0) is 24.8. The monoisotopic (exact) mass is 520 g/mol. The highest BCUT2D eigenvalue weighted by Gasteiger charge is 2.23. The summed E-state index contributed by atoms with van der Waals surface area (Å²) < 4.78 is 0. The van der Waals surface area contributed by atoms with Gasteiger partial charge in [0, 0.05) is 31.9 Å². The molecule has 4 aromatic rings. The molecule has 0 bridgehead atoms. The molecule has 0 aliphatic carbocycles. The number of carbonyl (C=O) groups excluding carboxylic acids is 2. The maximum Gasteiger partial charge on any atom is 0.255 e. The number of nitrogens with one attached hydrogen (secondary N) is 2. The lowest BCUT2D eigenvalue weighted by molar-refractivity contribution is -0.115. The summed E-state index contributed by atoms with van der Waals surface area (Å²) in [6.07, 6.45) is 0. The summed E-state index contributed by atoms with van der Waals surface area (Å²) in [6.45, 7) is 1.92. The van der Waals surface area contributed by atoms with Gasteiger partial charge in [-0.15, -0.1) is 11.8 Å². The SMILES string of the molecule is Cc1ccc(Cl)cc1NC(=O)C(Sc1ccc(NC(=O)c2cccc(Cl)c2)cc1)c1ccccc1. The van der Waals surface area contributed by atoms with E-state index in [1.165, 1.54) is 11.8 Å². The van der Waals surface area contributed by atoms with E-state index in [2.05, 4.69) is 10.6 Å². The molecule has 0 radical (unpaired) electrons. The van der Waals surface area contributed by atoms with Gasteiger partial charge in [0.15, 0.2) is 0 Å². The highest BCUT2D eigenvalue weighted by Crippen LogP contribution is 2.37. The van der Waals surface area contributed by atoms with Crippen molar-refractivity contribution in [2.45, 2.75) is 17.1 Å². The van der Waals surface area contributed by atoms with Crippen molar-refractivity contribution in [3.63, 3.8) is 0 Å². The van der Waals surface area contributed by atoms with E-state index < -0.39 is 5.25 Å². The Morgan fingerprint density at radius 2 is 1.49 bits per heavy atom. The Bertz CT molecular complexity index is 1340. The second-order valence-electron chi connectivity index (χ2n) is 7.85. The lowest BCUT2D eigenvalue weighted by Gasteiger charge is -2.18. The molecule has 2 N–H and O–H groups in total. The number of hydrogen-bond acceptors (Lipinski definition) is 3. The van der Waals surface area contributed by atoms with E-state index in [9.17, 15) is 9.59 Å². The minimum absolute atomic E-state index is 0.148. The van der Waals surface area contributed by atoms with Crippen LogP contribution in [-0.4, -0.2) is 11.8 Å². The van der Waals surface area contributed by atoms with E-state index in [-0.39, 0.29) is 11.8 Å². The first kappa shape index (κ1) is 24.9. The number of halogens is 2. The van der Waals surface area contributed by atoms with E-state index in [4.69, 9.17) is 23.2 Å². The van der Waals surface area contributed by atoms with Gasteiger partial charge in [-0.3, -0.25) is 9.59 Å². The number of thioether (sulfide) groups is 1. The van der Waals surface area contributed by atoms with Crippen molar-refractivity contribution in [2.24, 2.45) is 0 Å². The Morgan fingerprint density at radius 1 is 0.771 bits per heavy atom. The number of anilines is 2. The first-order valence-electron chi connectivity index (χ1n) is 10.8. The van der Waals surface area contributed by atoms with Crippen LogP contribution in [0.2, 0.25) is 10.0 Å². The lowest BCUT2D eigenvalue weighted by atomic mass is 10.1. The molecule has 35 heavy (non-hydrogen) atoms. The van der Waals surface area contributed by atoms with Crippen LogP contribution in [0.25, 0.3) is 0 Å². The number of aryl methyl sites for hydroxylation is 1. The van der Waals surface area contributed by atoms with E-state index in [1.54, 1.807) is 36.4 Å². The number of benzene rings is 4. The molecule has 4 rings (SSSR count). The zero-order valence-electron chi connectivity index (χ0n) is 18.8. The molecule has 0 aromatic heterocycles. The van der Waals surface area contributed by atoms with E-state index in [0.717, 1.165) is 16.0 Å². The lowest BCUT2D eigenvalue weighted by Crippen LogP contribution is -2.19. The number of carbonyl (C=O) groups is 2. The van der Waals surface area contributed by atoms with Gasteiger partial charge in [-0.25, -0.2) is 0 Å². The van der Waals surface area contributed by atoms with Gasteiger partial charge in [0.25, 0.3) is 5.91 Å². The molecule has 7 heteroatoms. The summed E-state index contributed by atoms with van der Waals surface area (Å²) in [5.41, 5.74) is 3.62. The molecule has 4 aromatic carbocycles. The van der Waals surface area contributed by atoms with Gasteiger partial charge in [-0.1, -0.05) is 65.7 Å². The Labute approximate surface area is 218 Å². The van der Waals surface area contributed by atoms with Crippen LogP contribution in [0.15, 0.2) is 102 Å². The van der Waals surface area contributed by atoms with Crippen LogP contribution in [-0.2, 0) is 4.79 Å². The highest BCUT2D eigenvalue weighted by molar-refractivity contribution is 8.00. The van der Waals surface area contributed by atoms with Gasteiger partial charge in [0.05, 0.1) is 0 Å². The standard InChI is InChI=1S/C28H22Cl2N2O2S/c1-18-10-11-22(30)17-25(18)32-28(34)26(19-6-3-2-4-7-19)35-24-14-12-23(13-15-24)31-27(33)20-8-5-9-21(29)16-20/h2-17,26H,1H3,(H,31,33)(H,32,34). The molecule has 2 amide bonds. The minimum atomic E-state index is -0.485. The predicted octanol–water partition coefficient (Wildman–Crippen LogP) is 8.03. The van der Waals surface area contributed by atoms with Crippen molar-refractivity contribution in [1.82, 2.24) is 0 Å². The van der Waals surface area contributed by atoms with Gasteiger partial charge < -0.3 is 10.6 Å². The summed E-state index contributed by atoms with van der Waals surface area (Å²) in [5, 5.41) is 6.46. The summed E-state index contributed by atoms with van der Waals surface area (Å²) in [4.78, 5) is 26.7. The molecule has 1 unspecified atom stereocenters. The molecule has 0 aliphatic heterocycles. The van der Waals surface area contributed by atoms with Gasteiger partial charge in [0.2, 0.25) is 5.91 Å². The largest absolute Gasteiger partial charge is 0.325 e. The third-order valence-corrected chi connectivity index (χ3v) is 6.99. The van der Waals surface area contributed by atoms with Gasteiger partial charge >= 0.3 is 0 Å². The normalized spacial score (nSPS) is 11.5. The van der Waals surface area contributed by atoms with Gasteiger partial charge in [-0.05, 0) is 72.6 Å². The highest BCUT2D eigenvalue weighted by atomic mass is 35.5. The second kappa shape index (κ2) is 11.5. The summed E-state index contributed by atoms with van der Waals surface area (Å²) in [6, 6.07) is 29.2. The molecular weight excluding hydrogens is 499 g/mol. The van der Waals surface area contributed by atoms with Crippen molar-refractivity contribution >= 4 is 58.2 Å². The van der Waals surface area contributed by atoms with E-state index in [1.807, 2.05) is 67.6 Å². The van der Waals surface area contributed by atoms with Crippen LogP contribution in [0, 0.1) is 6.92 Å². The summed E-state index contributed by atoms with van der Waals surface area (Å²) >= 11 is 13.5. The summed E-state index contributed by atoms with van der Waals surface area (Å²) in [7, 11) is 0. The van der Waals surface area contributed by atoms with Crippen molar-refractivity contribution < 1.29 is 9.59 Å². The van der Waals surface area contributed by atoms with Gasteiger partial charge in [0.1, 0.15) is 5.25 Å². The van der Waals surface area contributed by atoms with Crippen LogP contribution in [0.1, 0.15) is 26.7 Å². The van der Waals surface area contributed by atoms with Crippen molar-refractivity contribution in [2.75, 3.05) is 10.6 Å². The summed E-state index contributed by atoms with van der Waals surface area (Å²) in [5.74, 6) is -0.392.